The number of pyridine rings is 1. The van der Waals surface area contributed by atoms with Gasteiger partial charge in [-0.2, -0.15) is 16.6 Å². The van der Waals surface area contributed by atoms with Gasteiger partial charge in [-0.25, -0.2) is 4.98 Å². The van der Waals surface area contributed by atoms with Crippen LogP contribution in [-0.2, 0) is 0 Å². The fourth-order valence-electron chi connectivity index (χ4n) is 2.47. The predicted molar refractivity (Wildman–Crippen MR) is 112 cm³/mol. The van der Waals surface area contributed by atoms with Crippen molar-refractivity contribution in [3.05, 3.63) is 64.5 Å². The molecule has 2 aromatic heterocycles. The molecule has 27 heavy (non-hydrogen) atoms. The molecule has 7 heteroatoms. The molecule has 0 bridgehead atoms. The van der Waals surface area contributed by atoms with E-state index >= 15 is 0 Å². The number of allylic oxidation sites excluding steroid dienone is 1. The molecule has 0 aliphatic carbocycles. The van der Waals surface area contributed by atoms with Crippen molar-refractivity contribution >= 4 is 35.9 Å². The van der Waals surface area contributed by atoms with Crippen molar-refractivity contribution in [1.82, 2.24) is 10.3 Å². The van der Waals surface area contributed by atoms with Crippen LogP contribution in [0.2, 0.25) is 0 Å². The van der Waals surface area contributed by atoms with E-state index in [1.807, 2.05) is 29.0 Å². The first-order chi connectivity index (χ1) is 13.2. The van der Waals surface area contributed by atoms with Gasteiger partial charge < -0.3 is 15.5 Å². The third kappa shape index (κ3) is 4.19. The first kappa shape index (κ1) is 18.7. The molecule has 0 aliphatic rings. The number of hydrogen-bond donors (Lipinski definition) is 3. The van der Waals surface area contributed by atoms with E-state index in [1.54, 1.807) is 42.7 Å². The molecular formula is C20H16N4OS2. The fourth-order valence-corrected chi connectivity index (χ4v) is 3.32. The average molecular weight is 393 g/mol. The molecule has 0 atom stereocenters. The van der Waals surface area contributed by atoms with E-state index in [-0.39, 0.29) is 0 Å². The van der Waals surface area contributed by atoms with Gasteiger partial charge in [0, 0.05) is 29.1 Å². The highest BCUT2D eigenvalue weighted by atomic mass is 32.1. The molecule has 0 fully saturated rings. The maximum atomic E-state index is 9.37. The van der Waals surface area contributed by atoms with Crippen LogP contribution < -0.4 is 10.1 Å². The highest BCUT2D eigenvalue weighted by Gasteiger charge is 2.15. The number of nitrogens with zero attached hydrogens (tertiary/aromatic N) is 2. The normalized spacial score (nSPS) is 10.9. The highest BCUT2D eigenvalue weighted by molar-refractivity contribution is 7.80. The maximum absolute atomic E-state index is 9.37. The van der Waals surface area contributed by atoms with Crippen LogP contribution in [0.25, 0.3) is 17.0 Å². The highest BCUT2D eigenvalue weighted by Crippen LogP contribution is 2.33. The maximum Gasteiger partial charge on any atom is 0.155 e. The summed E-state index contributed by atoms with van der Waals surface area (Å²) in [5.74, 6) is 0.909. The zero-order chi connectivity index (χ0) is 19.2. The Kier molecular flexibility index (Phi) is 5.91. The minimum Gasteiger partial charge on any atom is -0.454 e. The van der Waals surface area contributed by atoms with E-state index in [0.29, 0.717) is 33.3 Å². The van der Waals surface area contributed by atoms with Crippen molar-refractivity contribution in [2.24, 2.45) is 0 Å². The molecule has 134 valence electrons. The van der Waals surface area contributed by atoms with Gasteiger partial charge in [-0.1, -0.05) is 0 Å². The van der Waals surface area contributed by atoms with Crippen LogP contribution in [0.3, 0.4) is 0 Å². The van der Waals surface area contributed by atoms with Crippen molar-refractivity contribution in [1.29, 1.82) is 10.7 Å². The molecule has 3 aromatic rings. The van der Waals surface area contributed by atoms with Gasteiger partial charge >= 0.3 is 0 Å². The van der Waals surface area contributed by atoms with E-state index in [2.05, 4.69) is 24.0 Å². The Balaban J connectivity index is 2.10. The number of benzene rings is 1. The summed E-state index contributed by atoms with van der Waals surface area (Å²) < 4.78 is 6.02. The topological polar surface area (TPSA) is 81.8 Å². The summed E-state index contributed by atoms with van der Waals surface area (Å²) in [5.41, 5.74) is 3.40. The van der Waals surface area contributed by atoms with E-state index in [4.69, 9.17) is 15.1 Å². The fraction of sp³-hybridized carbons (Fsp3) is 0.0500. The Morgan fingerprint density at radius 2 is 2.11 bits per heavy atom. The molecule has 0 saturated heterocycles. The molecule has 0 amide bonds. The number of aromatic nitrogens is 1. The van der Waals surface area contributed by atoms with Crippen molar-refractivity contribution in [3.63, 3.8) is 0 Å². The minimum atomic E-state index is 0.386. The summed E-state index contributed by atoms with van der Waals surface area (Å²) in [6.45, 7) is 0. The van der Waals surface area contributed by atoms with Crippen LogP contribution in [0.4, 0.5) is 0 Å². The standard InChI is InChI=1S/C20H16N4OS2/c1-23-17(6-8-21)20-19(5-3-16(24-20)13-7-9-27-12-13)25-18-4-2-15(26)10-14(18)11-22/h2-10,12,21,23,26H,1H3/b17-6-,21-8?. The third-order valence-electron chi connectivity index (χ3n) is 3.75. The van der Waals surface area contributed by atoms with E-state index < -0.39 is 0 Å². The first-order valence-electron chi connectivity index (χ1n) is 7.99. The molecule has 3 rings (SSSR count). The number of nitrogens with one attached hydrogen (secondary N) is 2. The molecule has 0 unspecified atom stereocenters. The molecule has 1 aromatic carbocycles. The second-order valence-corrected chi connectivity index (χ2v) is 6.74. The molecule has 2 heterocycles. The number of thiophene rings is 1. The van der Waals surface area contributed by atoms with Crippen molar-refractivity contribution in [3.8, 4) is 28.8 Å². The summed E-state index contributed by atoms with van der Waals surface area (Å²) in [4.78, 5) is 5.41. The van der Waals surface area contributed by atoms with E-state index in [0.717, 1.165) is 11.3 Å². The number of thiol groups is 1. The number of rotatable bonds is 6. The van der Waals surface area contributed by atoms with Gasteiger partial charge in [0.15, 0.2) is 5.75 Å². The first-order valence-corrected chi connectivity index (χ1v) is 9.38. The summed E-state index contributed by atoms with van der Waals surface area (Å²) in [6, 6.07) is 12.9. The molecular weight excluding hydrogens is 376 g/mol. The number of hydrogen-bond acceptors (Lipinski definition) is 7. The summed E-state index contributed by atoms with van der Waals surface area (Å²) in [5, 5.41) is 23.8. The van der Waals surface area contributed by atoms with E-state index in [9.17, 15) is 5.26 Å². The second kappa shape index (κ2) is 8.54. The van der Waals surface area contributed by atoms with Gasteiger partial charge in [0.2, 0.25) is 0 Å². The van der Waals surface area contributed by atoms with E-state index in [1.165, 1.54) is 6.21 Å². The van der Waals surface area contributed by atoms with Crippen LogP contribution in [0.15, 0.2) is 58.1 Å². The smallest absolute Gasteiger partial charge is 0.155 e. The summed E-state index contributed by atoms with van der Waals surface area (Å²) >= 11 is 5.86. The van der Waals surface area contributed by atoms with Gasteiger partial charge in [-0.15, -0.1) is 12.6 Å². The van der Waals surface area contributed by atoms with Crippen LogP contribution in [-0.4, -0.2) is 18.2 Å². The van der Waals surface area contributed by atoms with Crippen LogP contribution in [0.5, 0.6) is 11.5 Å². The van der Waals surface area contributed by atoms with Crippen LogP contribution in [0.1, 0.15) is 11.3 Å². The Hall–Kier alpha value is -3.08. The predicted octanol–water partition coefficient (Wildman–Crippen LogP) is 4.97. The van der Waals surface area contributed by atoms with Crippen molar-refractivity contribution in [2.75, 3.05) is 7.05 Å². The van der Waals surface area contributed by atoms with Crippen molar-refractivity contribution in [2.45, 2.75) is 4.90 Å². The van der Waals surface area contributed by atoms with Crippen molar-refractivity contribution < 1.29 is 4.74 Å². The number of nitriles is 1. The Morgan fingerprint density at radius 1 is 1.30 bits per heavy atom. The third-order valence-corrected chi connectivity index (χ3v) is 4.71. The summed E-state index contributed by atoms with van der Waals surface area (Å²) in [6.07, 6.45) is 2.79. The zero-order valence-electron chi connectivity index (χ0n) is 14.4. The lowest BCUT2D eigenvalue weighted by Crippen LogP contribution is -2.09. The zero-order valence-corrected chi connectivity index (χ0v) is 16.1. The lowest BCUT2D eigenvalue weighted by molar-refractivity contribution is 0.476. The lowest BCUT2D eigenvalue weighted by atomic mass is 10.1. The molecule has 0 saturated carbocycles. The average Bonchev–Trinajstić information content (AvgIpc) is 3.22. The van der Waals surface area contributed by atoms with Gasteiger partial charge in [0.25, 0.3) is 0 Å². The second-order valence-electron chi connectivity index (χ2n) is 5.45. The Morgan fingerprint density at radius 3 is 2.78 bits per heavy atom. The molecule has 2 N–H and O–H groups in total. The van der Waals surface area contributed by atoms with Crippen LogP contribution in [0, 0.1) is 16.7 Å². The lowest BCUT2D eigenvalue weighted by Gasteiger charge is -2.15. The minimum absolute atomic E-state index is 0.386. The molecule has 0 spiro atoms. The SMILES string of the molecule is CN/C(=C\C=N)c1nc(-c2ccsc2)ccc1Oc1ccc(S)cc1C#N. The quantitative estimate of drug-likeness (QED) is 0.408. The molecule has 0 aliphatic heterocycles. The Labute approximate surface area is 166 Å². The van der Waals surface area contributed by atoms with Gasteiger partial charge in [-0.05, 0) is 47.9 Å². The van der Waals surface area contributed by atoms with Gasteiger partial charge in [-0.3, -0.25) is 0 Å². The molecule has 5 nitrogen and oxygen atoms in total. The van der Waals surface area contributed by atoms with Crippen LogP contribution >= 0.6 is 24.0 Å². The van der Waals surface area contributed by atoms with Gasteiger partial charge in [0.1, 0.15) is 17.5 Å². The Bertz CT molecular complexity index is 1040. The summed E-state index contributed by atoms with van der Waals surface area (Å²) in [7, 11) is 1.76. The largest absolute Gasteiger partial charge is 0.454 e. The number of ether oxygens (including phenoxy) is 1. The molecule has 0 radical (unpaired) electrons. The van der Waals surface area contributed by atoms with Gasteiger partial charge in [0.05, 0.1) is 17.0 Å². The monoisotopic (exact) mass is 392 g/mol.